The summed E-state index contributed by atoms with van der Waals surface area (Å²) in [6, 6.07) is 8.06. The van der Waals surface area contributed by atoms with Gasteiger partial charge in [0.05, 0.1) is 5.56 Å². The van der Waals surface area contributed by atoms with E-state index in [9.17, 15) is 13.2 Å². The summed E-state index contributed by atoms with van der Waals surface area (Å²) in [7, 11) is 0. The molecule has 5 nitrogen and oxygen atoms in total. The van der Waals surface area contributed by atoms with E-state index in [0.717, 1.165) is 25.2 Å². The molecule has 164 valence electrons. The van der Waals surface area contributed by atoms with Crippen LogP contribution in [0.3, 0.4) is 0 Å². The van der Waals surface area contributed by atoms with Crippen LogP contribution in [0.5, 0.6) is 0 Å². The Hall–Kier alpha value is -2.58. The number of hydrogen-bond donors (Lipinski definition) is 0. The lowest BCUT2D eigenvalue weighted by Gasteiger charge is -2.36. The molecule has 3 heterocycles. The number of halogens is 4. The first kappa shape index (κ1) is 21.6. The van der Waals surface area contributed by atoms with Gasteiger partial charge in [0, 0.05) is 49.5 Å². The number of hydrogen-bond acceptors (Lipinski definition) is 4. The minimum absolute atomic E-state index is 0.0324. The zero-order valence-electron chi connectivity index (χ0n) is 17.4. The molecule has 9 heteroatoms. The fraction of sp³-hybridized carbons (Fsp3) is 0.364. The summed E-state index contributed by atoms with van der Waals surface area (Å²) in [5.74, 6) is 0.614. The predicted octanol–water partition coefficient (Wildman–Crippen LogP) is 5.08. The molecule has 0 radical (unpaired) electrons. The monoisotopic (exact) mass is 449 g/mol. The third-order valence-corrected chi connectivity index (χ3v) is 5.54. The maximum absolute atomic E-state index is 13.9. The Kier molecular flexibility index (Phi) is 5.70. The van der Waals surface area contributed by atoms with E-state index >= 15 is 0 Å². The fourth-order valence-electron chi connectivity index (χ4n) is 3.94. The van der Waals surface area contributed by atoms with Gasteiger partial charge in [-0.15, -0.1) is 0 Å². The average molecular weight is 450 g/mol. The first-order chi connectivity index (χ1) is 14.6. The van der Waals surface area contributed by atoms with Crippen LogP contribution in [-0.2, 0) is 6.18 Å². The summed E-state index contributed by atoms with van der Waals surface area (Å²) in [4.78, 5) is 8.79. The number of benzene rings is 1. The highest BCUT2D eigenvalue weighted by atomic mass is 35.5. The molecule has 1 aliphatic rings. The molecule has 1 aromatic carbocycles. The molecule has 0 unspecified atom stereocenters. The minimum atomic E-state index is -4.62. The van der Waals surface area contributed by atoms with Gasteiger partial charge < -0.3 is 4.90 Å². The Balaban J connectivity index is 1.82. The Morgan fingerprint density at radius 3 is 2.35 bits per heavy atom. The van der Waals surface area contributed by atoms with Gasteiger partial charge in [-0.25, -0.2) is 4.98 Å². The zero-order chi connectivity index (χ0) is 22.3. The van der Waals surface area contributed by atoms with Gasteiger partial charge in [-0.3, -0.25) is 4.90 Å². The highest BCUT2D eigenvalue weighted by molar-refractivity contribution is 6.30. The molecule has 0 bridgehead atoms. The van der Waals surface area contributed by atoms with Crippen molar-refractivity contribution in [2.45, 2.75) is 20.0 Å². The quantitative estimate of drug-likeness (QED) is 0.521. The van der Waals surface area contributed by atoms with Crippen LogP contribution < -0.4 is 4.90 Å². The Labute approximate surface area is 183 Å². The second-order valence-corrected chi connectivity index (χ2v) is 8.38. The standard InChI is InChI=1S/C22H23ClF3N5/c1-14(2)13-29-8-10-30(11-9-29)18-12-15(3)27-21-19(16-4-6-17(23)7-5-16)20(22(24,25)26)28-31(18)21/h4-7,12H,1,8-11,13H2,2-3H3. The van der Waals surface area contributed by atoms with Crippen molar-refractivity contribution in [1.82, 2.24) is 19.5 Å². The lowest BCUT2D eigenvalue weighted by Crippen LogP contribution is -2.47. The van der Waals surface area contributed by atoms with E-state index in [1.54, 1.807) is 37.3 Å². The molecule has 2 aromatic heterocycles. The molecule has 0 amide bonds. The number of alkyl halides is 3. The molecule has 4 rings (SSSR count). The lowest BCUT2D eigenvalue weighted by molar-refractivity contribution is -0.140. The van der Waals surface area contributed by atoms with Crippen LogP contribution in [0.4, 0.5) is 19.0 Å². The number of anilines is 1. The molecule has 1 saturated heterocycles. The van der Waals surface area contributed by atoms with Gasteiger partial charge in [-0.05, 0) is 31.5 Å². The van der Waals surface area contributed by atoms with E-state index in [-0.39, 0.29) is 11.2 Å². The second kappa shape index (κ2) is 8.16. The summed E-state index contributed by atoms with van der Waals surface area (Å²) in [5, 5.41) is 4.44. The van der Waals surface area contributed by atoms with Crippen molar-refractivity contribution in [2.75, 3.05) is 37.6 Å². The van der Waals surface area contributed by atoms with E-state index in [0.29, 0.717) is 35.2 Å². The molecule has 0 N–H and O–H groups in total. The molecule has 1 fully saturated rings. The minimum Gasteiger partial charge on any atom is -0.354 e. The Morgan fingerprint density at radius 2 is 1.77 bits per heavy atom. The molecule has 0 saturated carbocycles. The SMILES string of the molecule is C=C(C)CN1CCN(c2cc(C)nc3c(-c4ccc(Cl)cc4)c(C(F)(F)F)nn23)CC1. The van der Waals surface area contributed by atoms with E-state index in [2.05, 4.69) is 26.5 Å². The number of aryl methyl sites for hydroxylation is 1. The second-order valence-electron chi connectivity index (χ2n) is 7.94. The third-order valence-electron chi connectivity index (χ3n) is 5.29. The van der Waals surface area contributed by atoms with Crippen LogP contribution in [0.25, 0.3) is 16.8 Å². The van der Waals surface area contributed by atoms with E-state index in [1.807, 2.05) is 6.92 Å². The highest BCUT2D eigenvalue weighted by Crippen LogP contribution is 2.40. The van der Waals surface area contributed by atoms with Crippen molar-refractivity contribution in [3.63, 3.8) is 0 Å². The van der Waals surface area contributed by atoms with Crippen molar-refractivity contribution < 1.29 is 13.2 Å². The maximum Gasteiger partial charge on any atom is 0.435 e. The van der Waals surface area contributed by atoms with E-state index in [4.69, 9.17) is 11.6 Å². The van der Waals surface area contributed by atoms with Gasteiger partial charge in [0.25, 0.3) is 0 Å². The number of rotatable bonds is 4. The normalized spacial score (nSPS) is 15.6. The zero-order valence-corrected chi connectivity index (χ0v) is 18.1. The van der Waals surface area contributed by atoms with Crippen molar-refractivity contribution >= 4 is 23.1 Å². The number of piperazine rings is 1. The highest BCUT2D eigenvalue weighted by Gasteiger charge is 2.39. The fourth-order valence-corrected chi connectivity index (χ4v) is 4.07. The third kappa shape index (κ3) is 4.41. The van der Waals surface area contributed by atoms with Crippen LogP contribution in [0.2, 0.25) is 5.02 Å². The Morgan fingerprint density at radius 1 is 1.13 bits per heavy atom. The van der Waals surface area contributed by atoms with Crippen LogP contribution in [0.1, 0.15) is 18.3 Å². The largest absolute Gasteiger partial charge is 0.435 e. The van der Waals surface area contributed by atoms with Gasteiger partial charge >= 0.3 is 6.18 Å². The van der Waals surface area contributed by atoms with Gasteiger partial charge in [0.2, 0.25) is 0 Å². The lowest BCUT2D eigenvalue weighted by atomic mass is 10.1. The number of fused-ring (bicyclic) bond motifs is 1. The average Bonchev–Trinajstić information content (AvgIpc) is 3.08. The van der Waals surface area contributed by atoms with Crippen LogP contribution >= 0.6 is 11.6 Å². The van der Waals surface area contributed by atoms with Gasteiger partial charge in [0.1, 0.15) is 5.82 Å². The molecule has 3 aromatic rings. The molecule has 0 aliphatic carbocycles. The van der Waals surface area contributed by atoms with Crippen molar-refractivity contribution in [2.24, 2.45) is 0 Å². The van der Waals surface area contributed by atoms with Crippen LogP contribution in [0, 0.1) is 6.92 Å². The smallest absolute Gasteiger partial charge is 0.354 e. The van der Waals surface area contributed by atoms with Gasteiger partial charge in [-0.2, -0.15) is 22.8 Å². The molecular weight excluding hydrogens is 427 g/mol. The molecule has 0 atom stereocenters. The first-order valence-electron chi connectivity index (χ1n) is 9.98. The molecule has 31 heavy (non-hydrogen) atoms. The van der Waals surface area contributed by atoms with Crippen molar-refractivity contribution in [3.8, 4) is 11.1 Å². The summed E-state index contributed by atoms with van der Waals surface area (Å²) in [6.07, 6.45) is -4.62. The maximum atomic E-state index is 13.9. The predicted molar refractivity (Wildman–Crippen MR) is 117 cm³/mol. The number of nitrogens with zero attached hydrogens (tertiary/aromatic N) is 5. The van der Waals surface area contributed by atoms with E-state index < -0.39 is 11.9 Å². The molecule has 0 spiro atoms. The first-order valence-corrected chi connectivity index (χ1v) is 10.4. The van der Waals surface area contributed by atoms with E-state index in [1.165, 1.54) is 4.52 Å². The number of aromatic nitrogens is 3. The summed E-state index contributed by atoms with van der Waals surface area (Å²) in [5.41, 5.74) is 1.31. The van der Waals surface area contributed by atoms with Crippen molar-refractivity contribution in [3.05, 3.63) is 58.9 Å². The van der Waals surface area contributed by atoms with Crippen LogP contribution in [0.15, 0.2) is 42.5 Å². The van der Waals surface area contributed by atoms with Crippen LogP contribution in [-0.4, -0.2) is 52.2 Å². The summed E-state index contributed by atoms with van der Waals surface area (Å²) < 4.78 is 43.1. The summed E-state index contributed by atoms with van der Waals surface area (Å²) >= 11 is 5.94. The topological polar surface area (TPSA) is 36.7 Å². The Bertz CT molecular complexity index is 1110. The van der Waals surface area contributed by atoms with Gasteiger partial charge in [0.15, 0.2) is 11.3 Å². The molecule has 1 aliphatic heterocycles. The van der Waals surface area contributed by atoms with Crippen molar-refractivity contribution in [1.29, 1.82) is 0 Å². The van der Waals surface area contributed by atoms with Gasteiger partial charge in [-0.1, -0.05) is 35.9 Å². The molecular formula is C22H23ClF3N5. The summed E-state index contributed by atoms with van der Waals surface area (Å²) in [6.45, 7) is 11.5.